The Morgan fingerprint density at radius 3 is 2.23 bits per heavy atom. The van der Waals surface area contributed by atoms with Crippen molar-refractivity contribution in [3.63, 3.8) is 0 Å². The molecule has 0 aliphatic heterocycles. The molecule has 0 radical (unpaired) electrons. The number of methoxy groups -OCH3 is 1. The van der Waals surface area contributed by atoms with Crippen molar-refractivity contribution in [2.45, 2.75) is 31.8 Å². The molecule has 0 spiro atoms. The molecule has 2 aromatic carbocycles. The third kappa shape index (κ3) is 4.77. The van der Waals surface area contributed by atoms with E-state index in [1.165, 1.54) is 0 Å². The third-order valence-electron chi connectivity index (χ3n) is 5.00. The molecule has 1 amide bonds. The van der Waals surface area contributed by atoms with E-state index in [9.17, 15) is 4.79 Å². The van der Waals surface area contributed by atoms with Crippen LogP contribution in [0.25, 0.3) is 0 Å². The zero-order chi connectivity index (χ0) is 17.8. The molecular weight excluding hydrogens is 348 g/mol. The highest BCUT2D eigenvalue weighted by Crippen LogP contribution is 2.41. The van der Waals surface area contributed by atoms with Crippen molar-refractivity contribution < 1.29 is 9.53 Å². The molecule has 140 valence electrons. The smallest absolute Gasteiger partial charge is 0.225 e. The normalized spacial score (nSPS) is 16.7. The highest BCUT2D eigenvalue weighted by Gasteiger charge is 2.35. The molecule has 3 N–H and O–H groups in total. The first-order valence-corrected chi connectivity index (χ1v) is 8.85. The molecule has 0 bridgehead atoms. The molecule has 1 saturated carbocycles. The van der Waals surface area contributed by atoms with E-state index in [1.807, 2.05) is 61.5 Å². The van der Waals surface area contributed by atoms with Crippen LogP contribution in [0.4, 0.5) is 0 Å². The molecule has 5 heteroatoms. The van der Waals surface area contributed by atoms with Crippen molar-refractivity contribution >= 4 is 18.3 Å². The van der Waals surface area contributed by atoms with Gasteiger partial charge in [0.25, 0.3) is 0 Å². The Balaban J connectivity index is 0.00000243. The molecule has 0 saturated heterocycles. The van der Waals surface area contributed by atoms with Crippen LogP contribution in [0.3, 0.4) is 0 Å². The van der Waals surface area contributed by atoms with Gasteiger partial charge in [-0.25, -0.2) is 0 Å². The van der Waals surface area contributed by atoms with Gasteiger partial charge in [0.15, 0.2) is 0 Å². The number of rotatable bonds is 7. The summed E-state index contributed by atoms with van der Waals surface area (Å²) in [5.74, 6) is 1.05. The summed E-state index contributed by atoms with van der Waals surface area (Å²) in [7, 11) is 1.65. The van der Waals surface area contributed by atoms with Gasteiger partial charge in [0.1, 0.15) is 5.75 Å². The van der Waals surface area contributed by atoms with Crippen LogP contribution >= 0.6 is 12.4 Å². The van der Waals surface area contributed by atoms with E-state index in [0.29, 0.717) is 5.92 Å². The summed E-state index contributed by atoms with van der Waals surface area (Å²) in [6.45, 7) is 1.89. The quantitative estimate of drug-likeness (QED) is 0.769. The molecular formula is C21H27ClN2O2. The van der Waals surface area contributed by atoms with Gasteiger partial charge >= 0.3 is 0 Å². The maximum atomic E-state index is 12.8. The second kappa shape index (κ2) is 9.06. The van der Waals surface area contributed by atoms with Crippen molar-refractivity contribution in [1.29, 1.82) is 0 Å². The molecule has 4 nitrogen and oxygen atoms in total. The minimum Gasteiger partial charge on any atom is -0.497 e. The Kier molecular flexibility index (Phi) is 7.06. The van der Waals surface area contributed by atoms with Crippen molar-refractivity contribution in [2.75, 3.05) is 7.11 Å². The monoisotopic (exact) mass is 374 g/mol. The fraction of sp³-hybridized carbons (Fsp3) is 0.381. The third-order valence-corrected chi connectivity index (χ3v) is 5.00. The summed E-state index contributed by atoms with van der Waals surface area (Å²) < 4.78 is 5.22. The largest absolute Gasteiger partial charge is 0.497 e. The van der Waals surface area contributed by atoms with Gasteiger partial charge < -0.3 is 15.8 Å². The number of carbonyl (C=O) groups is 1. The summed E-state index contributed by atoms with van der Waals surface area (Å²) in [5.41, 5.74) is 8.41. The van der Waals surface area contributed by atoms with Crippen LogP contribution < -0.4 is 15.8 Å². The summed E-state index contributed by atoms with van der Waals surface area (Å²) in [5, 5.41) is 3.22. The Bertz CT molecular complexity index is 702. The van der Waals surface area contributed by atoms with Gasteiger partial charge in [-0.3, -0.25) is 4.79 Å². The standard InChI is InChI=1S/C21H26N2O2.ClH/c1-14(19(22)15-6-4-3-5-7-15)21(24)23-20(16-8-9-16)17-10-12-18(25-2)13-11-17;/h3-7,10-14,16,19-20H,8-9,22H2,1-2H3,(H,23,24);1H. The number of carbonyl (C=O) groups excluding carboxylic acids is 1. The number of amides is 1. The number of benzene rings is 2. The highest BCUT2D eigenvalue weighted by molar-refractivity contribution is 5.85. The van der Waals surface area contributed by atoms with Crippen LogP contribution in [0.1, 0.15) is 43.0 Å². The number of halogens is 1. The average Bonchev–Trinajstić information content (AvgIpc) is 3.50. The molecule has 0 heterocycles. The van der Waals surface area contributed by atoms with Gasteiger partial charge in [-0.1, -0.05) is 49.4 Å². The number of hydrogen-bond donors (Lipinski definition) is 2. The number of nitrogens with one attached hydrogen (secondary N) is 1. The lowest BCUT2D eigenvalue weighted by molar-refractivity contribution is -0.126. The maximum absolute atomic E-state index is 12.8. The molecule has 2 aromatic rings. The SMILES string of the molecule is COc1ccc(C(NC(=O)C(C)C(N)c2ccccc2)C2CC2)cc1.Cl. The predicted molar refractivity (Wildman–Crippen MR) is 106 cm³/mol. The molecule has 1 aliphatic rings. The number of nitrogens with two attached hydrogens (primary N) is 1. The topological polar surface area (TPSA) is 64.3 Å². The Labute approximate surface area is 161 Å². The minimum atomic E-state index is -0.308. The number of ether oxygens (including phenoxy) is 1. The molecule has 1 fully saturated rings. The van der Waals surface area contributed by atoms with E-state index in [0.717, 1.165) is 29.7 Å². The van der Waals surface area contributed by atoms with E-state index in [4.69, 9.17) is 10.5 Å². The lowest BCUT2D eigenvalue weighted by Crippen LogP contribution is -2.38. The first-order chi connectivity index (χ1) is 12.1. The van der Waals surface area contributed by atoms with E-state index >= 15 is 0 Å². The van der Waals surface area contributed by atoms with Gasteiger partial charge in [0.2, 0.25) is 5.91 Å². The maximum Gasteiger partial charge on any atom is 0.225 e. The van der Waals surface area contributed by atoms with Gasteiger partial charge in [-0.05, 0) is 42.0 Å². The van der Waals surface area contributed by atoms with E-state index in [2.05, 4.69) is 5.32 Å². The van der Waals surface area contributed by atoms with Crippen LogP contribution in [0.5, 0.6) is 5.75 Å². The highest BCUT2D eigenvalue weighted by atomic mass is 35.5. The Morgan fingerprint density at radius 2 is 1.69 bits per heavy atom. The van der Waals surface area contributed by atoms with Crippen molar-refractivity contribution in [2.24, 2.45) is 17.6 Å². The fourth-order valence-electron chi connectivity index (χ4n) is 3.13. The molecule has 0 aromatic heterocycles. The molecule has 1 aliphatic carbocycles. The molecule has 3 rings (SSSR count). The van der Waals surface area contributed by atoms with Crippen LogP contribution in [0.2, 0.25) is 0 Å². The predicted octanol–water partition coefficient (Wildman–Crippen LogP) is 4.02. The molecule has 3 atom stereocenters. The van der Waals surface area contributed by atoms with E-state index < -0.39 is 0 Å². The lowest BCUT2D eigenvalue weighted by atomic mass is 9.93. The lowest BCUT2D eigenvalue weighted by Gasteiger charge is -2.24. The van der Waals surface area contributed by atoms with Crippen molar-refractivity contribution in [3.05, 3.63) is 65.7 Å². The second-order valence-corrected chi connectivity index (χ2v) is 6.82. The fourth-order valence-corrected chi connectivity index (χ4v) is 3.13. The van der Waals surface area contributed by atoms with Crippen molar-refractivity contribution in [3.8, 4) is 5.75 Å². The second-order valence-electron chi connectivity index (χ2n) is 6.82. The summed E-state index contributed by atoms with van der Waals surface area (Å²) in [6, 6.07) is 17.5. The Morgan fingerprint density at radius 1 is 1.08 bits per heavy atom. The van der Waals surface area contributed by atoms with Crippen LogP contribution in [-0.2, 0) is 4.79 Å². The Hall–Kier alpha value is -2.04. The summed E-state index contributed by atoms with van der Waals surface area (Å²) in [4.78, 5) is 12.8. The first kappa shape index (κ1) is 20.3. The van der Waals surface area contributed by atoms with Gasteiger partial charge in [-0.2, -0.15) is 0 Å². The van der Waals surface area contributed by atoms with Gasteiger partial charge in [0.05, 0.1) is 19.1 Å². The van der Waals surface area contributed by atoms with E-state index in [-0.39, 0.29) is 36.3 Å². The van der Waals surface area contributed by atoms with Crippen molar-refractivity contribution in [1.82, 2.24) is 5.32 Å². The minimum absolute atomic E-state index is 0. The zero-order valence-corrected chi connectivity index (χ0v) is 16.0. The molecule has 26 heavy (non-hydrogen) atoms. The first-order valence-electron chi connectivity index (χ1n) is 8.85. The number of hydrogen-bond acceptors (Lipinski definition) is 3. The molecule has 3 unspecified atom stereocenters. The van der Waals surface area contributed by atoms with Gasteiger partial charge in [-0.15, -0.1) is 12.4 Å². The van der Waals surface area contributed by atoms with Crippen LogP contribution in [-0.4, -0.2) is 13.0 Å². The van der Waals surface area contributed by atoms with Crippen LogP contribution in [0.15, 0.2) is 54.6 Å². The van der Waals surface area contributed by atoms with Gasteiger partial charge in [0, 0.05) is 6.04 Å². The average molecular weight is 375 g/mol. The summed E-state index contributed by atoms with van der Waals surface area (Å²) >= 11 is 0. The van der Waals surface area contributed by atoms with Crippen LogP contribution in [0, 0.1) is 11.8 Å². The zero-order valence-electron chi connectivity index (χ0n) is 15.2. The van der Waals surface area contributed by atoms with E-state index in [1.54, 1.807) is 7.11 Å². The summed E-state index contributed by atoms with van der Waals surface area (Å²) in [6.07, 6.45) is 2.30.